The van der Waals surface area contributed by atoms with E-state index in [-0.39, 0.29) is 0 Å². The van der Waals surface area contributed by atoms with Crippen LogP contribution in [0.4, 0.5) is 0 Å². The zero-order valence-electron chi connectivity index (χ0n) is 13.9. The van der Waals surface area contributed by atoms with Crippen molar-refractivity contribution in [2.24, 2.45) is 5.73 Å². The minimum Gasteiger partial charge on any atom is -0.329 e. The minimum absolute atomic E-state index is 0.305. The summed E-state index contributed by atoms with van der Waals surface area (Å²) in [6.45, 7) is 8.49. The Balaban J connectivity index is 1.54. The maximum Gasteiger partial charge on any atom is 0.0356 e. The quantitative estimate of drug-likeness (QED) is 0.852. The largest absolute Gasteiger partial charge is 0.329 e. The number of hydrogen-bond acceptors (Lipinski definition) is 4. The van der Waals surface area contributed by atoms with Crippen LogP contribution in [0.2, 0.25) is 0 Å². The molecule has 0 saturated carbocycles. The Kier molecular flexibility index (Phi) is 5.20. The topological polar surface area (TPSA) is 35.7 Å². The molecule has 0 aromatic rings. The molecular weight excluding hydrogens is 260 g/mol. The van der Waals surface area contributed by atoms with Crippen molar-refractivity contribution in [2.45, 2.75) is 56.5 Å². The standard InChI is InChI=1S/C17H34N4/c1-19-13-7-17(15-18,8-14-19)21-11-5-16(6-12-21)20-9-3-2-4-10-20/h16H,2-15,18H2,1H3. The summed E-state index contributed by atoms with van der Waals surface area (Å²) in [7, 11) is 2.24. The van der Waals surface area contributed by atoms with Gasteiger partial charge < -0.3 is 15.5 Å². The summed E-state index contributed by atoms with van der Waals surface area (Å²) in [6.07, 6.45) is 9.51. The first kappa shape index (κ1) is 15.7. The summed E-state index contributed by atoms with van der Waals surface area (Å²) in [5.74, 6) is 0. The second-order valence-corrected chi connectivity index (χ2v) is 7.55. The lowest BCUT2D eigenvalue weighted by molar-refractivity contribution is -0.00384. The van der Waals surface area contributed by atoms with Crippen LogP contribution in [-0.4, -0.2) is 79.1 Å². The fourth-order valence-corrected chi connectivity index (χ4v) is 4.67. The van der Waals surface area contributed by atoms with Crippen molar-refractivity contribution in [1.82, 2.24) is 14.7 Å². The second kappa shape index (κ2) is 6.95. The Bertz CT molecular complexity index is 311. The van der Waals surface area contributed by atoms with Crippen molar-refractivity contribution in [3.05, 3.63) is 0 Å². The third-order valence-electron chi connectivity index (χ3n) is 6.34. The molecule has 0 atom stereocenters. The molecule has 0 amide bonds. The molecule has 3 aliphatic heterocycles. The van der Waals surface area contributed by atoms with Gasteiger partial charge in [0.05, 0.1) is 0 Å². The van der Waals surface area contributed by atoms with Crippen LogP contribution in [0.25, 0.3) is 0 Å². The van der Waals surface area contributed by atoms with E-state index in [2.05, 4.69) is 21.7 Å². The van der Waals surface area contributed by atoms with E-state index in [9.17, 15) is 0 Å². The molecule has 0 spiro atoms. The first-order chi connectivity index (χ1) is 10.2. The van der Waals surface area contributed by atoms with Gasteiger partial charge in [-0.15, -0.1) is 0 Å². The van der Waals surface area contributed by atoms with Crippen molar-refractivity contribution >= 4 is 0 Å². The monoisotopic (exact) mass is 294 g/mol. The van der Waals surface area contributed by atoms with Gasteiger partial charge in [-0.05, 0) is 71.8 Å². The average molecular weight is 294 g/mol. The number of hydrogen-bond donors (Lipinski definition) is 1. The van der Waals surface area contributed by atoms with Crippen LogP contribution in [0.15, 0.2) is 0 Å². The molecule has 0 aromatic carbocycles. The Morgan fingerprint density at radius 3 is 2.10 bits per heavy atom. The van der Waals surface area contributed by atoms with Crippen LogP contribution in [-0.2, 0) is 0 Å². The number of rotatable bonds is 3. The molecule has 21 heavy (non-hydrogen) atoms. The van der Waals surface area contributed by atoms with E-state index < -0.39 is 0 Å². The Hall–Kier alpha value is -0.160. The summed E-state index contributed by atoms with van der Waals surface area (Å²) in [5, 5.41) is 0. The van der Waals surface area contributed by atoms with Gasteiger partial charge in [0.1, 0.15) is 0 Å². The van der Waals surface area contributed by atoms with Gasteiger partial charge in [0.25, 0.3) is 0 Å². The van der Waals surface area contributed by atoms with Crippen LogP contribution in [0.5, 0.6) is 0 Å². The molecule has 0 aliphatic carbocycles. The molecule has 0 radical (unpaired) electrons. The number of nitrogens with zero attached hydrogens (tertiary/aromatic N) is 3. The summed E-state index contributed by atoms with van der Waals surface area (Å²) >= 11 is 0. The van der Waals surface area contributed by atoms with Gasteiger partial charge in [-0.1, -0.05) is 6.42 Å². The van der Waals surface area contributed by atoms with E-state index >= 15 is 0 Å². The van der Waals surface area contributed by atoms with Gasteiger partial charge in [0, 0.05) is 31.2 Å². The second-order valence-electron chi connectivity index (χ2n) is 7.55. The maximum absolute atomic E-state index is 6.22. The van der Waals surface area contributed by atoms with Gasteiger partial charge in [-0.25, -0.2) is 0 Å². The lowest BCUT2D eigenvalue weighted by Gasteiger charge is -2.51. The molecule has 3 saturated heterocycles. The van der Waals surface area contributed by atoms with E-state index in [1.165, 1.54) is 84.2 Å². The molecule has 4 nitrogen and oxygen atoms in total. The Morgan fingerprint density at radius 2 is 1.52 bits per heavy atom. The highest BCUT2D eigenvalue weighted by Crippen LogP contribution is 2.31. The molecule has 122 valence electrons. The van der Waals surface area contributed by atoms with Gasteiger partial charge >= 0.3 is 0 Å². The summed E-state index contributed by atoms with van der Waals surface area (Å²) in [5.41, 5.74) is 6.53. The van der Waals surface area contributed by atoms with Crippen LogP contribution in [0.1, 0.15) is 44.9 Å². The molecule has 0 aromatic heterocycles. The van der Waals surface area contributed by atoms with Crippen LogP contribution in [0.3, 0.4) is 0 Å². The highest BCUT2D eigenvalue weighted by Gasteiger charge is 2.40. The highest BCUT2D eigenvalue weighted by molar-refractivity contribution is 4.98. The first-order valence-electron chi connectivity index (χ1n) is 9.11. The minimum atomic E-state index is 0.305. The van der Waals surface area contributed by atoms with Crippen LogP contribution < -0.4 is 5.73 Å². The average Bonchev–Trinajstić information content (AvgIpc) is 2.57. The molecule has 3 rings (SSSR count). The predicted octanol–water partition coefficient (Wildman–Crippen LogP) is 1.36. The summed E-state index contributed by atoms with van der Waals surface area (Å²) < 4.78 is 0. The SMILES string of the molecule is CN1CCC(CN)(N2CCC(N3CCCCC3)CC2)CC1. The fourth-order valence-electron chi connectivity index (χ4n) is 4.67. The van der Waals surface area contributed by atoms with Crippen molar-refractivity contribution in [3.63, 3.8) is 0 Å². The lowest BCUT2D eigenvalue weighted by atomic mass is 9.83. The van der Waals surface area contributed by atoms with Crippen molar-refractivity contribution in [3.8, 4) is 0 Å². The first-order valence-corrected chi connectivity index (χ1v) is 9.11. The molecule has 3 aliphatic rings. The van der Waals surface area contributed by atoms with Crippen LogP contribution >= 0.6 is 0 Å². The molecule has 3 heterocycles. The fraction of sp³-hybridized carbons (Fsp3) is 1.00. The van der Waals surface area contributed by atoms with Crippen molar-refractivity contribution in [1.29, 1.82) is 0 Å². The highest BCUT2D eigenvalue weighted by atomic mass is 15.3. The van der Waals surface area contributed by atoms with Gasteiger partial charge in [-0.3, -0.25) is 4.90 Å². The third kappa shape index (κ3) is 3.44. The maximum atomic E-state index is 6.22. The lowest BCUT2D eigenvalue weighted by Crippen LogP contribution is -2.62. The predicted molar refractivity (Wildman–Crippen MR) is 88.5 cm³/mol. The smallest absolute Gasteiger partial charge is 0.0356 e. The Morgan fingerprint density at radius 1 is 0.905 bits per heavy atom. The van der Waals surface area contributed by atoms with Gasteiger partial charge in [0.15, 0.2) is 0 Å². The summed E-state index contributed by atoms with van der Waals surface area (Å²) in [6, 6.07) is 0.850. The van der Waals surface area contributed by atoms with E-state index in [0.29, 0.717) is 5.54 Å². The number of nitrogens with two attached hydrogens (primary N) is 1. The molecule has 4 heteroatoms. The molecule has 3 fully saturated rings. The van der Waals surface area contributed by atoms with E-state index in [1.807, 2.05) is 0 Å². The number of likely N-dealkylation sites (tertiary alicyclic amines) is 3. The van der Waals surface area contributed by atoms with Gasteiger partial charge in [0.2, 0.25) is 0 Å². The normalized spacial score (nSPS) is 30.6. The molecule has 2 N–H and O–H groups in total. The molecule has 0 unspecified atom stereocenters. The number of piperidine rings is 3. The summed E-state index contributed by atoms with van der Waals surface area (Å²) in [4.78, 5) is 7.97. The zero-order valence-corrected chi connectivity index (χ0v) is 13.9. The molecule has 0 bridgehead atoms. The van der Waals surface area contributed by atoms with E-state index in [4.69, 9.17) is 5.73 Å². The van der Waals surface area contributed by atoms with E-state index in [0.717, 1.165) is 12.6 Å². The van der Waals surface area contributed by atoms with E-state index in [1.54, 1.807) is 0 Å². The zero-order chi connectivity index (χ0) is 14.7. The molecular formula is C17H34N4. The Labute approximate surface area is 130 Å². The van der Waals surface area contributed by atoms with Gasteiger partial charge in [-0.2, -0.15) is 0 Å². The van der Waals surface area contributed by atoms with Crippen molar-refractivity contribution < 1.29 is 0 Å². The third-order valence-corrected chi connectivity index (χ3v) is 6.34. The van der Waals surface area contributed by atoms with Crippen LogP contribution in [0, 0.1) is 0 Å². The van der Waals surface area contributed by atoms with Crippen molar-refractivity contribution in [2.75, 3.05) is 52.9 Å².